The molecule has 0 spiro atoms. The second kappa shape index (κ2) is 7.96. The summed E-state index contributed by atoms with van der Waals surface area (Å²) in [5.74, 6) is 0.371. The highest BCUT2D eigenvalue weighted by Crippen LogP contribution is 2.26. The lowest BCUT2D eigenvalue weighted by Crippen LogP contribution is -2.30. The van der Waals surface area contributed by atoms with Crippen LogP contribution < -0.4 is 10.1 Å². The molecule has 0 aliphatic heterocycles. The standard InChI is InChI=1S/C15H18FN3O3S/c1-4-17-13(20)10(3)23-15-19-18-14(22-15)9(2)21-12-7-5-11(16)6-8-12/h5-10H,4H2,1-3H3,(H,17,20)/t9-,10-/m1/s1. The SMILES string of the molecule is CCNC(=O)[C@@H](C)Sc1nnc([C@@H](C)Oc2ccc(F)cc2)o1. The highest BCUT2D eigenvalue weighted by atomic mass is 32.2. The smallest absolute Gasteiger partial charge is 0.277 e. The highest BCUT2D eigenvalue weighted by Gasteiger charge is 2.20. The molecule has 0 aliphatic rings. The Morgan fingerprint density at radius 1 is 1.35 bits per heavy atom. The normalized spacial score (nSPS) is 13.4. The van der Waals surface area contributed by atoms with Gasteiger partial charge in [0, 0.05) is 6.54 Å². The minimum absolute atomic E-state index is 0.0899. The molecule has 0 radical (unpaired) electrons. The lowest BCUT2D eigenvalue weighted by Gasteiger charge is -2.10. The van der Waals surface area contributed by atoms with Crippen molar-refractivity contribution in [3.05, 3.63) is 36.0 Å². The van der Waals surface area contributed by atoms with Gasteiger partial charge < -0.3 is 14.5 Å². The van der Waals surface area contributed by atoms with Crippen molar-refractivity contribution in [1.82, 2.24) is 15.5 Å². The molecular formula is C15H18FN3O3S. The van der Waals surface area contributed by atoms with Crippen molar-refractivity contribution in [2.24, 2.45) is 0 Å². The average Bonchev–Trinajstić information content (AvgIpc) is 2.98. The number of carbonyl (C=O) groups is 1. The van der Waals surface area contributed by atoms with Crippen LogP contribution in [-0.2, 0) is 4.79 Å². The van der Waals surface area contributed by atoms with Crippen molar-refractivity contribution < 1.29 is 18.3 Å². The van der Waals surface area contributed by atoms with E-state index in [1.54, 1.807) is 13.8 Å². The van der Waals surface area contributed by atoms with E-state index in [4.69, 9.17) is 9.15 Å². The summed E-state index contributed by atoms with van der Waals surface area (Å²) in [6.07, 6.45) is -0.484. The molecule has 8 heteroatoms. The van der Waals surface area contributed by atoms with E-state index in [2.05, 4.69) is 15.5 Å². The van der Waals surface area contributed by atoms with E-state index in [1.165, 1.54) is 36.0 Å². The fraction of sp³-hybridized carbons (Fsp3) is 0.400. The Morgan fingerprint density at radius 3 is 2.70 bits per heavy atom. The summed E-state index contributed by atoms with van der Waals surface area (Å²) in [4.78, 5) is 11.7. The number of rotatable bonds is 7. The molecule has 1 heterocycles. The van der Waals surface area contributed by atoms with Gasteiger partial charge in [0.25, 0.3) is 11.1 Å². The number of hydrogen-bond donors (Lipinski definition) is 1. The molecule has 0 unspecified atom stereocenters. The van der Waals surface area contributed by atoms with Crippen LogP contribution in [0.15, 0.2) is 33.9 Å². The van der Waals surface area contributed by atoms with Crippen molar-refractivity contribution in [2.75, 3.05) is 6.54 Å². The highest BCUT2D eigenvalue weighted by molar-refractivity contribution is 8.00. The van der Waals surface area contributed by atoms with Crippen LogP contribution in [0.5, 0.6) is 5.75 Å². The summed E-state index contributed by atoms with van der Waals surface area (Å²) in [7, 11) is 0. The van der Waals surface area contributed by atoms with E-state index in [-0.39, 0.29) is 17.0 Å². The third-order valence-electron chi connectivity index (χ3n) is 2.89. The van der Waals surface area contributed by atoms with Gasteiger partial charge in [-0.3, -0.25) is 4.79 Å². The number of benzene rings is 1. The summed E-state index contributed by atoms with van der Waals surface area (Å²) in [6.45, 7) is 5.94. The molecule has 0 saturated heterocycles. The summed E-state index contributed by atoms with van der Waals surface area (Å²) < 4.78 is 24.0. The van der Waals surface area contributed by atoms with Crippen LogP contribution >= 0.6 is 11.8 Å². The molecule has 2 rings (SSSR count). The molecule has 1 N–H and O–H groups in total. The van der Waals surface area contributed by atoms with Crippen molar-refractivity contribution in [1.29, 1.82) is 0 Å². The first kappa shape index (κ1) is 17.3. The van der Waals surface area contributed by atoms with Crippen LogP contribution in [0.2, 0.25) is 0 Å². The largest absolute Gasteiger partial charge is 0.481 e. The van der Waals surface area contributed by atoms with Crippen LogP contribution in [0.3, 0.4) is 0 Å². The van der Waals surface area contributed by atoms with Gasteiger partial charge >= 0.3 is 0 Å². The second-order valence-corrected chi connectivity index (χ2v) is 6.07. The summed E-state index contributed by atoms with van der Waals surface area (Å²) in [5.41, 5.74) is 0. The van der Waals surface area contributed by atoms with Crippen LogP contribution in [0, 0.1) is 5.82 Å². The van der Waals surface area contributed by atoms with Crippen molar-refractivity contribution in [3.8, 4) is 5.75 Å². The van der Waals surface area contributed by atoms with Crippen LogP contribution in [0.4, 0.5) is 4.39 Å². The van der Waals surface area contributed by atoms with Gasteiger partial charge in [0.15, 0.2) is 6.10 Å². The molecule has 6 nitrogen and oxygen atoms in total. The third-order valence-corrected chi connectivity index (χ3v) is 3.83. The third kappa shape index (κ3) is 4.95. The molecular weight excluding hydrogens is 321 g/mol. The number of amides is 1. The second-order valence-electron chi connectivity index (χ2n) is 4.77. The molecule has 23 heavy (non-hydrogen) atoms. The Balaban J connectivity index is 1.95. The van der Waals surface area contributed by atoms with Gasteiger partial charge in [0.2, 0.25) is 5.91 Å². The van der Waals surface area contributed by atoms with Gasteiger partial charge in [0.05, 0.1) is 5.25 Å². The Kier molecular flexibility index (Phi) is 5.97. The Bertz CT molecular complexity index is 648. The minimum Gasteiger partial charge on any atom is -0.481 e. The molecule has 124 valence electrons. The van der Waals surface area contributed by atoms with Gasteiger partial charge in [-0.25, -0.2) is 4.39 Å². The first-order valence-corrected chi connectivity index (χ1v) is 8.07. The predicted octanol–water partition coefficient (Wildman–Crippen LogP) is 2.97. The Morgan fingerprint density at radius 2 is 2.04 bits per heavy atom. The van der Waals surface area contributed by atoms with Gasteiger partial charge in [0.1, 0.15) is 11.6 Å². The van der Waals surface area contributed by atoms with Gasteiger partial charge in [-0.05, 0) is 45.0 Å². The van der Waals surface area contributed by atoms with E-state index in [0.717, 1.165) is 0 Å². The number of nitrogens with one attached hydrogen (secondary N) is 1. The van der Waals surface area contributed by atoms with E-state index in [1.807, 2.05) is 6.92 Å². The van der Waals surface area contributed by atoms with Crippen molar-refractivity contribution in [2.45, 2.75) is 37.3 Å². The molecule has 1 aromatic heterocycles. The Hall–Kier alpha value is -2.09. The summed E-state index contributed by atoms with van der Waals surface area (Å²) in [6, 6.07) is 5.67. The number of hydrogen-bond acceptors (Lipinski definition) is 6. The predicted molar refractivity (Wildman–Crippen MR) is 83.7 cm³/mol. The Labute approximate surface area is 137 Å². The van der Waals surface area contributed by atoms with E-state index in [0.29, 0.717) is 23.4 Å². The lowest BCUT2D eigenvalue weighted by molar-refractivity contribution is -0.120. The molecule has 1 amide bonds. The average molecular weight is 339 g/mol. The van der Waals surface area contributed by atoms with E-state index < -0.39 is 6.10 Å². The molecule has 1 aromatic carbocycles. The fourth-order valence-corrected chi connectivity index (χ4v) is 2.44. The summed E-state index contributed by atoms with van der Waals surface area (Å²) in [5, 5.41) is 10.5. The van der Waals surface area contributed by atoms with Gasteiger partial charge in [-0.15, -0.1) is 10.2 Å². The molecule has 2 aromatic rings. The maximum absolute atomic E-state index is 12.9. The minimum atomic E-state index is -0.484. The zero-order chi connectivity index (χ0) is 16.8. The zero-order valence-corrected chi connectivity index (χ0v) is 13.9. The lowest BCUT2D eigenvalue weighted by atomic mass is 10.3. The van der Waals surface area contributed by atoms with Gasteiger partial charge in [-0.1, -0.05) is 11.8 Å². The van der Waals surface area contributed by atoms with E-state index in [9.17, 15) is 9.18 Å². The number of nitrogens with zero attached hydrogens (tertiary/aromatic N) is 2. The number of aromatic nitrogens is 2. The number of carbonyl (C=O) groups excluding carboxylic acids is 1. The summed E-state index contributed by atoms with van der Waals surface area (Å²) >= 11 is 1.18. The first-order valence-electron chi connectivity index (χ1n) is 7.19. The van der Waals surface area contributed by atoms with Crippen LogP contribution in [-0.4, -0.2) is 27.9 Å². The molecule has 0 fully saturated rings. The van der Waals surface area contributed by atoms with Crippen LogP contribution in [0.25, 0.3) is 0 Å². The number of thioether (sulfide) groups is 1. The number of halogens is 1. The topological polar surface area (TPSA) is 77.2 Å². The van der Waals surface area contributed by atoms with Crippen LogP contribution in [0.1, 0.15) is 32.8 Å². The molecule has 2 atom stereocenters. The monoisotopic (exact) mass is 339 g/mol. The quantitative estimate of drug-likeness (QED) is 0.782. The maximum Gasteiger partial charge on any atom is 0.277 e. The molecule has 0 aliphatic carbocycles. The maximum atomic E-state index is 12.9. The van der Waals surface area contributed by atoms with E-state index >= 15 is 0 Å². The number of ether oxygens (including phenoxy) is 1. The molecule has 0 bridgehead atoms. The zero-order valence-electron chi connectivity index (χ0n) is 13.1. The van der Waals surface area contributed by atoms with Crippen molar-refractivity contribution in [3.63, 3.8) is 0 Å². The van der Waals surface area contributed by atoms with Crippen molar-refractivity contribution >= 4 is 17.7 Å². The molecule has 0 saturated carbocycles. The fourth-order valence-electron chi connectivity index (χ4n) is 1.72. The van der Waals surface area contributed by atoms with Gasteiger partial charge in [-0.2, -0.15) is 0 Å². The first-order chi connectivity index (χ1) is 11.0.